The summed E-state index contributed by atoms with van der Waals surface area (Å²) in [5.41, 5.74) is 1.56. The smallest absolute Gasteiger partial charge is 0.336 e. The first-order chi connectivity index (χ1) is 12.5. The summed E-state index contributed by atoms with van der Waals surface area (Å²) in [7, 11) is 0. The van der Waals surface area contributed by atoms with E-state index in [0.717, 1.165) is 18.5 Å². The van der Waals surface area contributed by atoms with Gasteiger partial charge in [0, 0.05) is 23.4 Å². The third-order valence-electron chi connectivity index (χ3n) is 4.73. The molecular weight excluding hydrogens is 332 g/mol. The van der Waals surface area contributed by atoms with Gasteiger partial charge in [-0.25, -0.2) is 14.8 Å². The van der Waals surface area contributed by atoms with Gasteiger partial charge in [0.05, 0.1) is 16.8 Å². The van der Waals surface area contributed by atoms with Gasteiger partial charge in [0.2, 0.25) is 0 Å². The van der Waals surface area contributed by atoms with Crippen LogP contribution in [-0.2, 0) is 0 Å². The fourth-order valence-electron chi connectivity index (χ4n) is 3.42. The van der Waals surface area contributed by atoms with Gasteiger partial charge in [0.25, 0.3) is 5.56 Å². The fraction of sp³-hybridized carbons (Fsp3) is 0.263. The van der Waals surface area contributed by atoms with Gasteiger partial charge in [-0.2, -0.15) is 0 Å². The molecule has 0 aliphatic heterocycles. The number of aromatic amines is 1. The average Bonchev–Trinajstić information content (AvgIpc) is 2.56. The van der Waals surface area contributed by atoms with Gasteiger partial charge < -0.3 is 15.4 Å². The molecule has 4 rings (SSSR count). The molecule has 0 spiro atoms. The van der Waals surface area contributed by atoms with Gasteiger partial charge in [-0.3, -0.25) is 4.79 Å². The Kier molecular flexibility index (Phi) is 3.91. The summed E-state index contributed by atoms with van der Waals surface area (Å²) in [5, 5.41) is 13.4. The highest BCUT2D eigenvalue weighted by Crippen LogP contribution is 2.37. The predicted octanol–water partition coefficient (Wildman–Crippen LogP) is 2.68. The van der Waals surface area contributed by atoms with E-state index >= 15 is 0 Å². The van der Waals surface area contributed by atoms with Gasteiger partial charge >= 0.3 is 5.97 Å². The molecule has 1 aliphatic rings. The number of nitrogens with zero attached hydrogens (tertiary/aromatic N) is 2. The van der Waals surface area contributed by atoms with Crippen molar-refractivity contribution in [1.82, 2.24) is 15.0 Å². The van der Waals surface area contributed by atoms with E-state index in [0.29, 0.717) is 22.5 Å². The molecule has 132 valence electrons. The Morgan fingerprint density at radius 1 is 1.23 bits per heavy atom. The van der Waals surface area contributed by atoms with E-state index in [9.17, 15) is 14.7 Å². The maximum atomic E-state index is 11.6. The van der Waals surface area contributed by atoms with Gasteiger partial charge in [0.15, 0.2) is 0 Å². The first kappa shape index (κ1) is 16.3. The minimum absolute atomic E-state index is 0.133. The van der Waals surface area contributed by atoms with Crippen LogP contribution in [0.25, 0.3) is 10.9 Å². The highest BCUT2D eigenvalue weighted by molar-refractivity contribution is 6.03. The number of nitrogens with one attached hydrogen (secondary N) is 2. The van der Waals surface area contributed by atoms with Crippen molar-refractivity contribution >= 4 is 22.7 Å². The number of para-hydroxylation sites is 1. The molecule has 3 aromatic rings. The molecule has 0 radical (unpaired) electrons. The van der Waals surface area contributed by atoms with Gasteiger partial charge in [-0.05, 0) is 31.9 Å². The Labute approximate surface area is 149 Å². The molecule has 0 atom stereocenters. The van der Waals surface area contributed by atoms with Crippen molar-refractivity contribution in [2.45, 2.75) is 31.7 Å². The van der Waals surface area contributed by atoms with E-state index < -0.39 is 5.97 Å². The maximum absolute atomic E-state index is 11.6. The highest BCUT2D eigenvalue weighted by atomic mass is 16.4. The topological polar surface area (TPSA) is 108 Å². The minimum atomic E-state index is -0.971. The summed E-state index contributed by atoms with van der Waals surface area (Å²) in [4.78, 5) is 34.7. The predicted molar refractivity (Wildman–Crippen MR) is 97.7 cm³/mol. The SMILES string of the molecule is Cc1nc(C2CC(Nc3cc(C(=O)O)c4ccccc4n3)C2)cc(=O)[nH]1. The lowest BCUT2D eigenvalue weighted by molar-refractivity contribution is 0.0699. The number of aromatic carboxylic acids is 1. The average molecular weight is 350 g/mol. The number of pyridine rings is 1. The number of fused-ring (bicyclic) bond motifs is 1. The van der Waals surface area contributed by atoms with Crippen LogP contribution in [0.1, 0.15) is 40.6 Å². The first-order valence-electron chi connectivity index (χ1n) is 8.47. The molecule has 2 aromatic heterocycles. The quantitative estimate of drug-likeness (QED) is 0.668. The normalized spacial score (nSPS) is 19.1. The summed E-state index contributed by atoms with van der Waals surface area (Å²) in [6.45, 7) is 1.77. The number of carbonyl (C=O) groups is 1. The van der Waals surface area contributed by atoms with Gasteiger partial charge in [0.1, 0.15) is 11.6 Å². The van der Waals surface area contributed by atoms with E-state index in [2.05, 4.69) is 20.3 Å². The van der Waals surface area contributed by atoms with Crippen molar-refractivity contribution in [2.75, 3.05) is 5.32 Å². The Morgan fingerprint density at radius 3 is 2.73 bits per heavy atom. The lowest BCUT2D eigenvalue weighted by Gasteiger charge is -2.35. The van der Waals surface area contributed by atoms with Crippen molar-refractivity contribution < 1.29 is 9.90 Å². The zero-order chi connectivity index (χ0) is 18.3. The van der Waals surface area contributed by atoms with E-state index in [-0.39, 0.29) is 23.1 Å². The minimum Gasteiger partial charge on any atom is -0.478 e. The van der Waals surface area contributed by atoms with Crippen LogP contribution in [0.5, 0.6) is 0 Å². The van der Waals surface area contributed by atoms with E-state index in [4.69, 9.17) is 0 Å². The van der Waals surface area contributed by atoms with Crippen LogP contribution in [-0.4, -0.2) is 32.1 Å². The maximum Gasteiger partial charge on any atom is 0.336 e. The molecule has 1 saturated carbocycles. The van der Waals surface area contributed by atoms with Crippen molar-refractivity contribution in [3.8, 4) is 0 Å². The fourth-order valence-corrected chi connectivity index (χ4v) is 3.42. The molecule has 1 aromatic carbocycles. The summed E-state index contributed by atoms with van der Waals surface area (Å²) in [6, 6.07) is 10.5. The molecule has 7 nitrogen and oxygen atoms in total. The van der Waals surface area contributed by atoms with Gasteiger partial charge in [-0.15, -0.1) is 0 Å². The summed E-state index contributed by atoms with van der Waals surface area (Å²) < 4.78 is 0. The molecule has 0 unspecified atom stereocenters. The lowest BCUT2D eigenvalue weighted by Crippen LogP contribution is -2.35. The number of carboxylic acids is 1. The van der Waals surface area contributed by atoms with Crippen LogP contribution in [0, 0.1) is 6.92 Å². The monoisotopic (exact) mass is 350 g/mol. The van der Waals surface area contributed by atoms with Crippen LogP contribution >= 0.6 is 0 Å². The molecule has 1 fully saturated rings. The second kappa shape index (κ2) is 6.25. The molecule has 3 N–H and O–H groups in total. The van der Waals surface area contributed by atoms with E-state index in [1.165, 1.54) is 0 Å². The van der Waals surface area contributed by atoms with Crippen molar-refractivity contribution in [3.63, 3.8) is 0 Å². The number of rotatable bonds is 4. The zero-order valence-electron chi connectivity index (χ0n) is 14.2. The van der Waals surface area contributed by atoms with Crippen molar-refractivity contribution in [2.24, 2.45) is 0 Å². The highest BCUT2D eigenvalue weighted by Gasteiger charge is 2.32. The number of aryl methyl sites for hydroxylation is 1. The molecule has 2 heterocycles. The number of aromatic nitrogens is 3. The van der Waals surface area contributed by atoms with Crippen LogP contribution < -0.4 is 10.9 Å². The van der Waals surface area contributed by atoms with Crippen molar-refractivity contribution in [1.29, 1.82) is 0 Å². The Morgan fingerprint density at radius 2 is 2.00 bits per heavy atom. The Hall–Kier alpha value is -3.22. The standard InChI is InChI=1S/C19H18N4O3/c1-10-20-16(9-18(24)21-10)11-6-12(7-11)22-17-8-14(19(25)26)13-4-2-3-5-15(13)23-17/h2-5,8-9,11-12H,6-7H2,1H3,(H,22,23)(H,25,26)(H,20,21,24). The largest absolute Gasteiger partial charge is 0.478 e. The molecule has 0 bridgehead atoms. The van der Waals surface area contributed by atoms with E-state index in [1.807, 2.05) is 6.07 Å². The van der Waals surface area contributed by atoms with Crippen LogP contribution in [0.15, 0.2) is 41.2 Å². The van der Waals surface area contributed by atoms with E-state index in [1.54, 1.807) is 37.3 Å². The van der Waals surface area contributed by atoms with Crippen LogP contribution in [0.4, 0.5) is 5.82 Å². The summed E-state index contributed by atoms with van der Waals surface area (Å²) in [6.07, 6.45) is 1.65. The second-order valence-electron chi connectivity index (χ2n) is 6.64. The number of anilines is 1. The lowest BCUT2D eigenvalue weighted by atomic mass is 9.78. The van der Waals surface area contributed by atoms with Crippen LogP contribution in [0.3, 0.4) is 0 Å². The number of hydrogen-bond acceptors (Lipinski definition) is 5. The third kappa shape index (κ3) is 3.03. The third-order valence-corrected chi connectivity index (χ3v) is 4.73. The van der Waals surface area contributed by atoms with Crippen LogP contribution in [0.2, 0.25) is 0 Å². The molecule has 1 aliphatic carbocycles. The number of hydrogen-bond donors (Lipinski definition) is 3. The molecule has 0 saturated heterocycles. The summed E-state index contributed by atoms with van der Waals surface area (Å²) >= 11 is 0. The Balaban J connectivity index is 1.52. The molecule has 7 heteroatoms. The first-order valence-corrected chi connectivity index (χ1v) is 8.47. The molecular formula is C19H18N4O3. The van der Waals surface area contributed by atoms with Gasteiger partial charge in [-0.1, -0.05) is 18.2 Å². The Bertz CT molecular complexity index is 1050. The molecule has 26 heavy (non-hydrogen) atoms. The second-order valence-corrected chi connectivity index (χ2v) is 6.64. The zero-order valence-corrected chi connectivity index (χ0v) is 14.2. The number of benzene rings is 1. The number of H-pyrrole nitrogens is 1. The summed E-state index contributed by atoms with van der Waals surface area (Å²) in [5.74, 6) is 0.431. The van der Waals surface area contributed by atoms with Crippen molar-refractivity contribution in [3.05, 3.63) is 63.8 Å². The number of carboxylic acid groups (broad SMARTS) is 1. The molecule has 0 amide bonds.